The van der Waals surface area contributed by atoms with Gasteiger partial charge in [0.25, 0.3) is 11.8 Å². The lowest BCUT2D eigenvalue weighted by molar-refractivity contribution is 0.0931. The van der Waals surface area contributed by atoms with Crippen LogP contribution in [0.2, 0.25) is 0 Å². The first-order chi connectivity index (χ1) is 18.3. The minimum absolute atomic E-state index is 0.132. The number of nitrogens with zero attached hydrogens (tertiary/aromatic N) is 5. The summed E-state index contributed by atoms with van der Waals surface area (Å²) in [7, 11) is 0. The molecule has 1 atom stereocenters. The van der Waals surface area contributed by atoms with Crippen molar-refractivity contribution in [1.29, 1.82) is 0 Å². The van der Waals surface area contributed by atoms with Gasteiger partial charge in [0.2, 0.25) is 5.82 Å². The molecule has 2 aromatic carbocycles. The second-order valence-corrected chi connectivity index (χ2v) is 10.2. The highest BCUT2D eigenvalue weighted by molar-refractivity contribution is 5.97. The van der Waals surface area contributed by atoms with Crippen LogP contribution in [0.1, 0.15) is 69.5 Å². The number of carbonyl (C=O) groups is 2. The van der Waals surface area contributed by atoms with Crippen LogP contribution in [0.15, 0.2) is 48.8 Å². The minimum atomic E-state index is -0.376. The van der Waals surface area contributed by atoms with Crippen LogP contribution in [-0.2, 0) is 19.4 Å². The fraction of sp³-hybridized carbons (Fsp3) is 0.296. The van der Waals surface area contributed by atoms with Crippen molar-refractivity contribution in [3.05, 3.63) is 82.4 Å². The largest absolute Gasteiger partial charge is 0.487 e. The second kappa shape index (κ2) is 9.33. The van der Waals surface area contributed by atoms with Gasteiger partial charge in [-0.15, -0.1) is 10.2 Å². The molecule has 1 aliphatic heterocycles. The highest BCUT2D eigenvalue weighted by atomic mass is 16.5. The van der Waals surface area contributed by atoms with Gasteiger partial charge < -0.3 is 15.4 Å². The lowest BCUT2D eigenvalue weighted by Gasteiger charge is -2.16. The number of hydrogen-bond donors (Lipinski definition) is 3. The molecule has 1 aliphatic carbocycles. The number of aromatic amines is 1. The molecule has 2 amide bonds. The van der Waals surface area contributed by atoms with E-state index in [1.807, 2.05) is 36.4 Å². The van der Waals surface area contributed by atoms with Crippen molar-refractivity contribution in [1.82, 2.24) is 41.2 Å². The van der Waals surface area contributed by atoms with Gasteiger partial charge in [-0.25, -0.2) is 9.97 Å². The molecule has 3 N–H and O–H groups in total. The van der Waals surface area contributed by atoms with E-state index in [0.717, 1.165) is 52.8 Å². The molecule has 2 aromatic heterocycles. The summed E-state index contributed by atoms with van der Waals surface area (Å²) in [5, 5.41) is 20.0. The summed E-state index contributed by atoms with van der Waals surface area (Å²) in [5.74, 6) is 0.677. The molecule has 11 nitrogen and oxygen atoms in total. The fourth-order valence-corrected chi connectivity index (χ4v) is 5.07. The summed E-state index contributed by atoms with van der Waals surface area (Å²) in [6.45, 7) is 4.44. The topological polar surface area (TPSA) is 148 Å². The van der Waals surface area contributed by atoms with Crippen molar-refractivity contribution < 1.29 is 14.3 Å². The Morgan fingerprint density at radius 2 is 1.89 bits per heavy atom. The van der Waals surface area contributed by atoms with E-state index in [2.05, 4.69) is 55.1 Å². The maximum Gasteiger partial charge on any atom is 0.270 e. The average Bonchev–Trinajstić information content (AvgIpc) is 3.65. The monoisotopic (exact) mass is 510 g/mol. The fourth-order valence-electron chi connectivity index (χ4n) is 5.07. The maximum absolute atomic E-state index is 13.0. The predicted octanol–water partition coefficient (Wildman–Crippen LogP) is 2.72. The zero-order chi connectivity index (χ0) is 26.3. The van der Waals surface area contributed by atoms with E-state index in [9.17, 15) is 9.59 Å². The number of ether oxygens (including phenoxy) is 1. The molecule has 6 rings (SSSR count). The van der Waals surface area contributed by atoms with Crippen LogP contribution < -0.4 is 15.4 Å². The Labute approximate surface area is 218 Å². The SMILES string of the molecule is CC1(C)Cc2cc(CNC(=O)c3cc(C(=O)N[C@H]4CCc5cc(-c6nn[nH]n6)ccc54)ncn3)ccc2O1. The van der Waals surface area contributed by atoms with Crippen molar-refractivity contribution in [2.45, 2.75) is 51.3 Å². The van der Waals surface area contributed by atoms with E-state index < -0.39 is 0 Å². The minimum Gasteiger partial charge on any atom is -0.487 e. The Morgan fingerprint density at radius 3 is 2.71 bits per heavy atom. The summed E-state index contributed by atoms with van der Waals surface area (Å²) < 4.78 is 5.92. The van der Waals surface area contributed by atoms with Crippen LogP contribution in [0, 0.1) is 0 Å². The van der Waals surface area contributed by atoms with Crippen molar-refractivity contribution in [2.24, 2.45) is 0 Å². The first-order valence-corrected chi connectivity index (χ1v) is 12.4. The number of tetrazole rings is 1. The number of aromatic nitrogens is 6. The summed E-state index contributed by atoms with van der Waals surface area (Å²) >= 11 is 0. The molecule has 192 valence electrons. The molecule has 2 aliphatic rings. The van der Waals surface area contributed by atoms with E-state index >= 15 is 0 Å². The number of benzene rings is 2. The van der Waals surface area contributed by atoms with Crippen molar-refractivity contribution in [2.75, 3.05) is 0 Å². The zero-order valence-corrected chi connectivity index (χ0v) is 21.0. The van der Waals surface area contributed by atoms with Crippen LogP contribution in [0.5, 0.6) is 5.75 Å². The van der Waals surface area contributed by atoms with Gasteiger partial charge >= 0.3 is 0 Å². The Morgan fingerprint density at radius 1 is 1.05 bits per heavy atom. The molecule has 3 heterocycles. The Bertz CT molecular complexity index is 1530. The molecule has 4 aromatic rings. The third kappa shape index (κ3) is 4.70. The second-order valence-electron chi connectivity index (χ2n) is 10.2. The summed E-state index contributed by atoms with van der Waals surface area (Å²) in [6.07, 6.45) is 3.63. The molecule has 11 heteroatoms. The molecule has 0 radical (unpaired) electrons. The van der Waals surface area contributed by atoms with Crippen molar-refractivity contribution in [3.8, 4) is 17.1 Å². The number of amides is 2. The number of nitrogens with one attached hydrogen (secondary N) is 3. The quantitative estimate of drug-likeness (QED) is 0.359. The lowest BCUT2D eigenvalue weighted by atomic mass is 10.0. The summed E-state index contributed by atoms with van der Waals surface area (Å²) in [6, 6.07) is 13.1. The van der Waals surface area contributed by atoms with Gasteiger partial charge in [0.1, 0.15) is 29.1 Å². The number of rotatable bonds is 6. The van der Waals surface area contributed by atoms with Crippen LogP contribution in [0.25, 0.3) is 11.4 Å². The first kappa shape index (κ1) is 23.7. The van der Waals surface area contributed by atoms with Gasteiger partial charge in [0, 0.05) is 24.6 Å². The molecule has 0 bridgehead atoms. The van der Waals surface area contributed by atoms with Gasteiger partial charge in [-0.1, -0.05) is 24.3 Å². The lowest BCUT2D eigenvalue weighted by Crippen LogP contribution is -2.29. The first-order valence-electron chi connectivity index (χ1n) is 12.4. The van der Waals surface area contributed by atoms with Gasteiger partial charge in [-0.3, -0.25) is 9.59 Å². The standard InChI is InChI=1S/C27H26N8O3/c1-27(2)12-18-9-15(3-8-23(18)38-27)13-28-25(36)21-11-22(30-14-29-21)26(37)31-20-7-5-16-10-17(4-6-19(16)20)24-32-34-35-33-24/h3-4,6,8-11,14,20H,5,7,12-13H2,1-2H3,(H,28,36)(H,31,37)(H,32,33,34,35)/t20-/m0/s1. The third-order valence-electron chi connectivity index (χ3n) is 6.84. The van der Waals surface area contributed by atoms with E-state index in [1.54, 1.807) is 0 Å². The number of fused-ring (bicyclic) bond motifs is 2. The summed E-state index contributed by atoms with van der Waals surface area (Å²) in [4.78, 5) is 34.0. The van der Waals surface area contributed by atoms with E-state index in [4.69, 9.17) is 4.74 Å². The maximum atomic E-state index is 13.0. The van der Waals surface area contributed by atoms with Gasteiger partial charge in [0.15, 0.2) is 0 Å². The Kier molecular flexibility index (Phi) is 5.82. The highest BCUT2D eigenvalue weighted by Crippen LogP contribution is 2.35. The van der Waals surface area contributed by atoms with Crippen LogP contribution in [-0.4, -0.2) is 48.0 Å². The molecular formula is C27H26N8O3. The third-order valence-corrected chi connectivity index (χ3v) is 6.84. The predicted molar refractivity (Wildman–Crippen MR) is 136 cm³/mol. The van der Waals surface area contributed by atoms with Crippen LogP contribution in [0.3, 0.4) is 0 Å². The number of aryl methyl sites for hydroxylation is 1. The van der Waals surface area contributed by atoms with E-state index in [-0.39, 0.29) is 34.8 Å². The molecule has 38 heavy (non-hydrogen) atoms. The van der Waals surface area contributed by atoms with E-state index in [1.165, 1.54) is 12.4 Å². The van der Waals surface area contributed by atoms with Crippen molar-refractivity contribution >= 4 is 11.8 Å². The Balaban J connectivity index is 1.09. The molecule has 0 saturated heterocycles. The molecule has 0 unspecified atom stereocenters. The van der Waals surface area contributed by atoms with Crippen LogP contribution in [0.4, 0.5) is 0 Å². The molecule has 0 saturated carbocycles. The number of hydrogen-bond acceptors (Lipinski definition) is 8. The van der Waals surface area contributed by atoms with Crippen LogP contribution >= 0.6 is 0 Å². The van der Waals surface area contributed by atoms with Crippen molar-refractivity contribution in [3.63, 3.8) is 0 Å². The number of H-pyrrole nitrogens is 1. The van der Waals surface area contributed by atoms with Gasteiger partial charge in [-0.2, -0.15) is 5.21 Å². The summed E-state index contributed by atoms with van der Waals surface area (Å²) in [5.41, 5.74) is 5.18. The van der Waals surface area contributed by atoms with E-state index in [0.29, 0.717) is 12.4 Å². The average molecular weight is 511 g/mol. The highest BCUT2D eigenvalue weighted by Gasteiger charge is 2.30. The van der Waals surface area contributed by atoms with Gasteiger partial charge in [0.05, 0.1) is 6.04 Å². The molecule has 0 fully saturated rings. The molecular weight excluding hydrogens is 484 g/mol. The molecule has 0 spiro atoms. The zero-order valence-electron chi connectivity index (χ0n) is 21.0. The normalized spacial score (nSPS) is 16.8. The number of carbonyl (C=O) groups excluding carboxylic acids is 2. The Hall–Kier alpha value is -4.67. The van der Waals surface area contributed by atoms with Gasteiger partial charge in [-0.05, 0) is 66.3 Å². The smallest absolute Gasteiger partial charge is 0.270 e.